The van der Waals surface area contributed by atoms with Crippen LogP contribution in [0.25, 0.3) is 0 Å². The highest BCUT2D eigenvalue weighted by molar-refractivity contribution is 4.99. The molecule has 0 atom stereocenters. The maximum Gasteiger partial charge on any atom is 0.0613 e. The van der Waals surface area contributed by atoms with E-state index in [4.69, 9.17) is 5.73 Å². The van der Waals surface area contributed by atoms with Gasteiger partial charge in [0.2, 0.25) is 0 Å². The number of rotatable bonds is 3. The third-order valence-electron chi connectivity index (χ3n) is 2.14. The number of nitrogens with two attached hydrogens (primary N) is 1. The maximum absolute atomic E-state index is 5.31. The molecule has 0 bridgehead atoms. The van der Waals surface area contributed by atoms with Crippen molar-refractivity contribution in [2.24, 2.45) is 5.73 Å². The second-order valence-electron chi connectivity index (χ2n) is 3.19. The van der Waals surface area contributed by atoms with Crippen molar-refractivity contribution in [2.75, 3.05) is 6.67 Å². The summed E-state index contributed by atoms with van der Waals surface area (Å²) in [4.78, 5) is 0. The monoisotopic (exact) mass is 169 g/mol. The third kappa shape index (κ3) is 3.74. The largest absolute Gasteiger partial charge is 0.325 e. The van der Waals surface area contributed by atoms with Gasteiger partial charge in [-0.1, -0.05) is 18.9 Å². The minimum Gasteiger partial charge on any atom is -0.325 e. The first-order valence-electron chi connectivity index (χ1n) is 4.81. The molecule has 1 rings (SSSR count). The van der Waals surface area contributed by atoms with Crippen LogP contribution in [-0.4, -0.2) is 6.67 Å². The Morgan fingerprint density at radius 3 is 2.92 bits per heavy atom. The Morgan fingerprint density at radius 1 is 1.25 bits per heavy atom. The molecule has 1 aliphatic rings. The molecule has 4 N–H and O–H groups in total. The summed E-state index contributed by atoms with van der Waals surface area (Å²) in [6.07, 6.45) is 10.0. The van der Waals surface area contributed by atoms with Crippen LogP contribution in [0.5, 0.6) is 0 Å². The number of allylic oxidation sites excluding steroid dienone is 2. The predicted molar refractivity (Wildman–Crippen MR) is 51.1 cm³/mol. The summed E-state index contributed by atoms with van der Waals surface area (Å²) < 4.78 is 0. The Bertz CT molecular complexity index is 143. The van der Waals surface area contributed by atoms with Crippen LogP contribution in [-0.2, 0) is 0 Å². The van der Waals surface area contributed by atoms with E-state index in [1.807, 2.05) is 0 Å². The molecule has 0 aliphatic heterocycles. The van der Waals surface area contributed by atoms with Crippen molar-refractivity contribution in [1.29, 1.82) is 0 Å². The Labute approximate surface area is 74.4 Å². The minimum atomic E-state index is 0.483. The molecule has 0 unspecified atom stereocenters. The van der Waals surface area contributed by atoms with Gasteiger partial charge in [0.15, 0.2) is 0 Å². The van der Waals surface area contributed by atoms with E-state index in [1.54, 1.807) is 0 Å². The molecular weight excluding hydrogens is 150 g/mol. The van der Waals surface area contributed by atoms with Gasteiger partial charge in [-0.25, -0.2) is 5.43 Å². The summed E-state index contributed by atoms with van der Waals surface area (Å²) >= 11 is 0. The lowest BCUT2D eigenvalue weighted by molar-refractivity contribution is 0.549. The van der Waals surface area contributed by atoms with Crippen molar-refractivity contribution in [3.8, 4) is 0 Å². The van der Waals surface area contributed by atoms with Crippen LogP contribution in [0.2, 0.25) is 0 Å². The zero-order valence-electron chi connectivity index (χ0n) is 7.60. The van der Waals surface area contributed by atoms with Crippen molar-refractivity contribution in [1.82, 2.24) is 10.9 Å². The molecule has 1 aliphatic carbocycles. The minimum absolute atomic E-state index is 0.483. The van der Waals surface area contributed by atoms with Crippen molar-refractivity contribution in [2.45, 2.75) is 38.5 Å². The average Bonchev–Trinajstić information content (AvgIpc) is 2.02. The molecule has 3 nitrogen and oxygen atoms in total. The SMILES string of the molecule is NCNN/C1=C/CCCCCC1. The molecule has 0 saturated carbocycles. The highest BCUT2D eigenvalue weighted by atomic mass is 15.4. The smallest absolute Gasteiger partial charge is 0.0613 e. The lowest BCUT2D eigenvalue weighted by Gasteiger charge is -2.13. The van der Waals surface area contributed by atoms with Gasteiger partial charge in [-0.05, 0) is 25.7 Å². The van der Waals surface area contributed by atoms with Gasteiger partial charge in [0, 0.05) is 5.70 Å². The molecule has 0 radical (unpaired) electrons. The van der Waals surface area contributed by atoms with Crippen molar-refractivity contribution in [3.63, 3.8) is 0 Å². The molecule has 0 heterocycles. The van der Waals surface area contributed by atoms with Gasteiger partial charge in [0.1, 0.15) is 0 Å². The summed E-state index contributed by atoms with van der Waals surface area (Å²) in [5, 5.41) is 0. The van der Waals surface area contributed by atoms with E-state index < -0.39 is 0 Å². The van der Waals surface area contributed by atoms with Crippen molar-refractivity contribution in [3.05, 3.63) is 11.8 Å². The second kappa shape index (κ2) is 6.03. The van der Waals surface area contributed by atoms with Crippen LogP contribution in [0.4, 0.5) is 0 Å². The zero-order chi connectivity index (χ0) is 8.65. The van der Waals surface area contributed by atoms with Crippen LogP contribution in [0.3, 0.4) is 0 Å². The number of hydrogen-bond donors (Lipinski definition) is 3. The quantitative estimate of drug-likeness (QED) is 0.440. The topological polar surface area (TPSA) is 50.1 Å². The lowest BCUT2D eigenvalue weighted by atomic mass is 10.0. The highest BCUT2D eigenvalue weighted by Crippen LogP contribution is 2.14. The third-order valence-corrected chi connectivity index (χ3v) is 2.14. The number of nitrogens with one attached hydrogen (secondary N) is 2. The fourth-order valence-electron chi connectivity index (χ4n) is 1.47. The van der Waals surface area contributed by atoms with Crippen LogP contribution < -0.4 is 16.6 Å². The van der Waals surface area contributed by atoms with Gasteiger partial charge >= 0.3 is 0 Å². The van der Waals surface area contributed by atoms with Gasteiger partial charge in [0.05, 0.1) is 6.67 Å². The van der Waals surface area contributed by atoms with Gasteiger partial charge < -0.3 is 11.2 Å². The summed E-state index contributed by atoms with van der Waals surface area (Å²) in [5.74, 6) is 0. The summed E-state index contributed by atoms with van der Waals surface area (Å²) in [6, 6.07) is 0. The fourth-order valence-corrected chi connectivity index (χ4v) is 1.47. The van der Waals surface area contributed by atoms with E-state index >= 15 is 0 Å². The summed E-state index contributed by atoms with van der Waals surface area (Å²) in [5.41, 5.74) is 12.7. The molecule has 0 spiro atoms. The van der Waals surface area contributed by atoms with Crippen LogP contribution >= 0.6 is 0 Å². The molecule has 0 fully saturated rings. The molecule has 0 aromatic carbocycles. The van der Waals surface area contributed by atoms with E-state index in [2.05, 4.69) is 16.9 Å². The first-order chi connectivity index (χ1) is 5.93. The Hall–Kier alpha value is -0.540. The lowest BCUT2D eigenvalue weighted by Crippen LogP contribution is -2.35. The Balaban J connectivity index is 2.26. The summed E-state index contributed by atoms with van der Waals surface area (Å²) in [7, 11) is 0. The zero-order valence-corrected chi connectivity index (χ0v) is 7.60. The Kier molecular flexibility index (Phi) is 4.80. The first kappa shape index (κ1) is 9.55. The van der Waals surface area contributed by atoms with E-state index in [-0.39, 0.29) is 0 Å². The summed E-state index contributed by atoms with van der Waals surface area (Å²) in [6.45, 7) is 0.483. The molecule has 70 valence electrons. The molecule has 12 heavy (non-hydrogen) atoms. The van der Waals surface area contributed by atoms with Gasteiger partial charge in [-0.3, -0.25) is 0 Å². The molecular formula is C9H19N3. The van der Waals surface area contributed by atoms with Gasteiger partial charge in [-0.2, -0.15) is 0 Å². The van der Waals surface area contributed by atoms with Gasteiger partial charge in [-0.15, -0.1) is 0 Å². The highest BCUT2D eigenvalue weighted by Gasteiger charge is 1.99. The molecule has 0 saturated heterocycles. The fraction of sp³-hybridized carbons (Fsp3) is 0.778. The van der Waals surface area contributed by atoms with E-state index in [1.165, 1.54) is 37.8 Å². The molecule has 0 aromatic heterocycles. The van der Waals surface area contributed by atoms with E-state index in [0.29, 0.717) is 6.67 Å². The van der Waals surface area contributed by atoms with Crippen molar-refractivity contribution >= 4 is 0 Å². The van der Waals surface area contributed by atoms with E-state index in [9.17, 15) is 0 Å². The second-order valence-corrected chi connectivity index (χ2v) is 3.19. The average molecular weight is 169 g/mol. The molecule has 3 heteroatoms. The first-order valence-corrected chi connectivity index (χ1v) is 4.81. The molecule has 0 amide bonds. The predicted octanol–water partition coefficient (Wildman–Crippen LogP) is 1.23. The Morgan fingerprint density at radius 2 is 2.08 bits per heavy atom. The van der Waals surface area contributed by atoms with Crippen LogP contribution in [0, 0.1) is 0 Å². The van der Waals surface area contributed by atoms with Crippen LogP contribution in [0.15, 0.2) is 11.8 Å². The van der Waals surface area contributed by atoms with Crippen LogP contribution in [0.1, 0.15) is 38.5 Å². The van der Waals surface area contributed by atoms with E-state index in [0.717, 1.165) is 6.42 Å². The van der Waals surface area contributed by atoms with Gasteiger partial charge in [0.25, 0.3) is 0 Å². The standard InChI is InChI=1S/C9H19N3/c10-8-11-12-9-6-4-2-1-3-5-7-9/h6,11-12H,1-5,7-8,10H2/b9-6+. The maximum atomic E-state index is 5.31. The normalized spacial score (nSPS) is 23.6. The van der Waals surface area contributed by atoms with Crippen molar-refractivity contribution < 1.29 is 0 Å². The number of hydrazine groups is 1. The molecule has 0 aromatic rings. The number of hydrogen-bond acceptors (Lipinski definition) is 3.